The zero-order valence-corrected chi connectivity index (χ0v) is 33.3. The van der Waals surface area contributed by atoms with E-state index in [1.165, 1.54) is 12.2 Å². The summed E-state index contributed by atoms with van der Waals surface area (Å²) >= 11 is 0. The fraction of sp³-hybridized carbons (Fsp3) is 0.625. The Bertz CT molecular complexity index is 1560. The molecule has 3 rings (SSSR count). The third-order valence-corrected chi connectivity index (χ3v) is 8.49. The molecule has 1 aliphatic rings. The van der Waals surface area contributed by atoms with Crippen LogP contribution in [0.2, 0.25) is 0 Å². The number of ether oxygens (including phenoxy) is 8. The average molecular weight is 806 g/mol. The molecule has 1 N–H and O–H groups in total. The van der Waals surface area contributed by atoms with E-state index in [1.54, 1.807) is 6.07 Å². The van der Waals surface area contributed by atoms with E-state index in [1.807, 2.05) is 18.2 Å². The Kier molecular flexibility index (Phi) is 24.2. The molecule has 0 atom stereocenters. The molecule has 318 valence electrons. The first kappa shape index (κ1) is 47.3. The lowest BCUT2D eigenvalue weighted by molar-refractivity contribution is -0.137. The van der Waals surface area contributed by atoms with E-state index in [9.17, 15) is 24.0 Å². The molecule has 1 aromatic carbocycles. The van der Waals surface area contributed by atoms with Crippen molar-refractivity contribution in [3.05, 3.63) is 52.4 Å². The van der Waals surface area contributed by atoms with Crippen molar-refractivity contribution in [1.29, 1.82) is 0 Å². The molecule has 0 spiro atoms. The van der Waals surface area contributed by atoms with Gasteiger partial charge in [0.05, 0.1) is 112 Å². The van der Waals surface area contributed by atoms with Crippen molar-refractivity contribution >= 4 is 40.2 Å². The van der Waals surface area contributed by atoms with Crippen LogP contribution >= 0.6 is 0 Å². The lowest BCUT2D eigenvalue weighted by Crippen LogP contribution is -2.33. The minimum atomic E-state index is -0.656. The topological polar surface area (TPSA) is 191 Å². The van der Waals surface area contributed by atoms with Crippen LogP contribution < -0.4 is 15.8 Å². The van der Waals surface area contributed by atoms with E-state index in [-0.39, 0.29) is 61.7 Å². The monoisotopic (exact) mass is 805 g/mol. The van der Waals surface area contributed by atoms with Crippen molar-refractivity contribution in [2.75, 3.05) is 137 Å². The Labute approximate surface area is 333 Å². The van der Waals surface area contributed by atoms with Gasteiger partial charge in [0, 0.05) is 61.8 Å². The van der Waals surface area contributed by atoms with Crippen LogP contribution in [0.15, 0.2) is 45.6 Å². The lowest BCUT2D eigenvalue weighted by atomic mass is 10.1. The Hall–Kier alpha value is -4.07. The predicted octanol–water partition coefficient (Wildman–Crippen LogP) is 2.17. The summed E-state index contributed by atoms with van der Waals surface area (Å²) < 4.78 is 49.0. The first-order valence-corrected chi connectivity index (χ1v) is 19.6. The van der Waals surface area contributed by atoms with Gasteiger partial charge < -0.3 is 52.5 Å². The number of fused-ring (bicyclic) bond motifs is 1. The summed E-state index contributed by atoms with van der Waals surface area (Å²) in [6.07, 6.45) is 3.19. The molecule has 0 fully saturated rings. The molecule has 1 aromatic heterocycles. The van der Waals surface area contributed by atoms with Crippen LogP contribution in [0.5, 0.6) is 0 Å². The van der Waals surface area contributed by atoms with Gasteiger partial charge in [-0.25, -0.2) is 4.79 Å². The summed E-state index contributed by atoms with van der Waals surface area (Å²) in [4.78, 5) is 63.4. The first-order valence-electron chi connectivity index (χ1n) is 19.6. The van der Waals surface area contributed by atoms with Crippen LogP contribution in [0.3, 0.4) is 0 Å². The highest BCUT2D eigenvalue weighted by molar-refractivity contribution is 6.12. The summed E-state index contributed by atoms with van der Waals surface area (Å²) in [6, 6.07) is 7.19. The molecule has 0 unspecified atom stereocenters. The smallest absolute Gasteiger partial charge is 0.347 e. The quantitative estimate of drug-likeness (QED) is 0.0461. The van der Waals surface area contributed by atoms with Crippen LogP contribution in [0.1, 0.15) is 43.5 Å². The second-order valence-electron chi connectivity index (χ2n) is 12.5. The molecule has 0 saturated heterocycles. The predicted molar refractivity (Wildman–Crippen MR) is 210 cm³/mol. The zero-order chi connectivity index (χ0) is 40.9. The zero-order valence-electron chi connectivity index (χ0n) is 33.3. The number of rotatable bonds is 35. The van der Waals surface area contributed by atoms with Crippen molar-refractivity contribution in [3.8, 4) is 0 Å². The molecule has 2 aromatic rings. The molecule has 17 nitrogen and oxygen atoms in total. The van der Waals surface area contributed by atoms with E-state index in [2.05, 4.69) is 24.1 Å². The van der Waals surface area contributed by atoms with E-state index in [4.69, 9.17) is 42.3 Å². The van der Waals surface area contributed by atoms with Gasteiger partial charge in [0.25, 0.3) is 11.8 Å². The molecule has 0 aliphatic carbocycles. The van der Waals surface area contributed by atoms with Crippen molar-refractivity contribution in [2.24, 2.45) is 0 Å². The minimum absolute atomic E-state index is 0.0173. The van der Waals surface area contributed by atoms with E-state index in [0.717, 1.165) is 23.7 Å². The Morgan fingerprint density at radius 1 is 0.632 bits per heavy atom. The van der Waals surface area contributed by atoms with E-state index < -0.39 is 5.63 Å². The SMILES string of the molecule is CCN(CC)c1ccc2cc(C(=O)CCCNC(=O)CCOCCOCCOCCOCCOCCOCCOCCOCCN3C(=O)C=CC3=O)c(=O)oc2c1. The highest BCUT2D eigenvalue weighted by Gasteiger charge is 2.22. The summed E-state index contributed by atoms with van der Waals surface area (Å²) in [7, 11) is 0. The highest BCUT2D eigenvalue weighted by atomic mass is 16.6. The number of carbonyl (C=O) groups excluding carboxylic acids is 4. The van der Waals surface area contributed by atoms with Crippen LogP contribution in [0.4, 0.5) is 5.69 Å². The van der Waals surface area contributed by atoms with Crippen molar-refractivity contribution in [1.82, 2.24) is 10.2 Å². The van der Waals surface area contributed by atoms with Crippen molar-refractivity contribution < 1.29 is 61.5 Å². The molecule has 57 heavy (non-hydrogen) atoms. The Balaban J connectivity index is 1.01. The van der Waals surface area contributed by atoms with Gasteiger partial charge in [-0.3, -0.25) is 24.1 Å². The number of nitrogens with zero attached hydrogens (tertiary/aromatic N) is 2. The van der Waals surface area contributed by atoms with Gasteiger partial charge in [0.2, 0.25) is 5.91 Å². The number of hydrogen-bond acceptors (Lipinski definition) is 15. The molecule has 0 bridgehead atoms. The number of nitrogens with one attached hydrogen (secondary N) is 1. The largest absolute Gasteiger partial charge is 0.422 e. The standard InChI is InChI=1S/C40H59N3O14/c1-3-42(4-2)33-8-7-32-30-34(40(48)57-36(32)31-33)35(44)6-5-12-41-37(45)11-14-49-16-18-51-20-22-53-24-26-55-28-29-56-27-25-54-23-21-52-19-17-50-15-13-43-38(46)9-10-39(43)47/h7-10,30-31H,3-6,11-29H2,1-2H3,(H,41,45). The van der Waals surface area contributed by atoms with Gasteiger partial charge in [0.15, 0.2) is 5.78 Å². The number of amides is 3. The lowest BCUT2D eigenvalue weighted by Gasteiger charge is -2.20. The van der Waals surface area contributed by atoms with Crippen molar-refractivity contribution in [3.63, 3.8) is 0 Å². The summed E-state index contributed by atoms with van der Waals surface area (Å²) in [5, 5.41) is 3.46. The normalized spacial score (nSPS) is 12.6. The third kappa shape index (κ3) is 19.3. The van der Waals surface area contributed by atoms with E-state index >= 15 is 0 Å². The summed E-state index contributed by atoms with van der Waals surface area (Å²) in [5.41, 5.74) is 0.759. The number of Topliss-reactive ketones (excluding diaryl/α,β-unsaturated/α-hetero) is 1. The fourth-order valence-corrected chi connectivity index (χ4v) is 5.39. The summed E-state index contributed by atoms with van der Waals surface area (Å²) in [5.74, 6) is -1.14. The summed E-state index contributed by atoms with van der Waals surface area (Å²) in [6.45, 7) is 12.6. The number of benzene rings is 1. The number of carbonyl (C=O) groups is 4. The van der Waals surface area contributed by atoms with Crippen molar-refractivity contribution in [2.45, 2.75) is 33.1 Å². The molecule has 17 heteroatoms. The Morgan fingerprint density at radius 2 is 1.11 bits per heavy atom. The number of anilines is 1. The molecule has 2 heterocycles. The van der Waals surface area contributed by atoms with Gasteiger partial charge in [-0.05, 0) is 38.5 Å². The van der Waals surface area contributed by atoms with Crippen LogP contribution in [-0.2, 0) is 52.3 Å². The second kappa shape index (κ2) is 29.2. The molecular weight excluding hydrogens is 746 g/mol. The first-order chi connectivity index (χ1) is 27.8. The molecule has 0 radical (unpaired) electrons. The van der Waals surface area contributed by atoms with Gasteiger partial charge in [-0.2, -0.15) is 0 Å². The van der Waals surface area contributed by atoms with Crippen LogP contribution in [0.25, 0.3) is 11.0 Å². The van der Waals surface area contributed by atoms with E-state index in [0.29, 0.717) is 116 Å². The maximum Gasteiger partial charge on any atom is 0.347 e. The minimum Gasteiger partial charge on any atom is -0.422 e. The Morgan fingerprint density at radius 3 is 1.60 bits per heavy atom. The van der Waals surface area contributed by atoms with Gasteiger partial charge in [-0.1, -0.05) is 0 Å². The van der Waals surface area contributed by atoms with Gasteiger partial charge in [-0.15, -0.1) is 0 Å². The third-order valence-electron chi connectivity index (χ3n) is 8.49. The van der Waals surface area contributed by atoms with Gasteiger partial charge >= 0.3 is 5.63 Å². The average Bonchev–Trinajstić information content (AvgIpc) is 3.53. The highest BCUT2D eigenvalue weighted by Crippen LogP contribution is 2.22. The number of ketones is 1. The molecule has 1 aliphatic heterocycles. The van der Waals surface area contributed by atoms with Crippen LogP contribution in [0, 0.1) is 0 Å². The molecule has 3 amide bonds. The maximum atomic E-state index is 12.7. The molecule has 0 saturated carbocycles. The fourth-order valence-electron chi connectivity index (χ4n) is 5.39. The van der Waals surface area contributed by atoms with Gasteiger partial charge in [0.1, 0.15) is 11.1 Å². The second-order valence-corrected chi connectivity index (χ2v) is 12.5. The maximum absolute atomic E-state index is 12.7. The molecular formula is C40H59N3O14. The number of hydrogen-bond donors (Lipinski definition) is 1. The van der Waals surface area contributed by atoms with Crippen LogP contribution in [-0.4, -0.2) is 160 Å². The number of imide groups is 1.